The lowest BCUT2D eigenvalue weighted by molar-refractivity contribution is -0.164. The highest BCUT2D eigenvalue weighted by Gasteiger charge is 2.35. The molecule has 110 valence electrons. The van der Waals surface area contributed by atoms with E-state index in [9.17, 15) is 9.59 Å². The van der Waals surface area contributed by atoms with E-state index >= 15 is 0 Å². The Morgan fingerprint density at radius 3 is 2.35 bits per heavy atom. The Labute approximate surface area is 122 Å². The summed E-state index contributed by atoms with van der Waals surface area (Å²) in [5, 5.41) is 7.37. The third-order valence-corrected chi connectivity index (χ3v) is 2.50. The monoisotopic (exact) mass is 300 g/mol. The van der Waals surface area contributed by atoms with E-state index in [1.807, 2.05) is 0 Å². The second-order valence-corrected chi connectivity index (χ2v) is 5.42. The SMILES string of the molecule is CCOC(=O)C(C(=O)OC(C)(C)C)c1cnncc1Cl. The van der Waals surface area contributed by atoms with E-state index in [4.69, 9.17) is 21.1 Å². The van der Waals surface area contributed by atoms with Crippen molar-refractivity contribution in [3.05, 3.63) is 23.0 Å². The fourth-order valence-corrected chi connectivity index (χ4v) is 1.67. The molecular weight excluding hydrogens is 284 g/mol. The van der Waals surface area contributed by atoms with E-state index < -0.39 is 23.5 Å². The Kier molecular flexibility index (Phi) is 5.44. The van der Waals surface area contributed by atoms with Gasteiger partial charge in [0.2, 0.25) is 0 Å². The fourth-order valence-electron chi connectivity index (χ4n) is 1.46. The summed E-state index contributed by atoms with van der Waals surface area (Å²) in [6.07, 6.45) is 2.52. The molecule has 0 amide bonds. The third-order valence-electron chi connectivity index (χ3n) is 2.19. The molecule has 6 nitrogen and oxygen atoms in total. The van der Waals surface area contributed by atoms with E-state index in [-0.39, 0.29) is 17.2 Å². The molecule has 7 heteroatoms. The molecule has 1 aromatic rings. The molecule has 0 bridgehead atoms. The summed E-state index contributed by atoms with van der Waals surface area (Å²) in [4.78, 5) is 24.2. The normalized spacial score (nSPS) is 12.7. The Hall–Kier alpha value is -1.69. The number of esters is 2. The smallest absolute Gasteiger partial charge is 0.325 e. The maximum atomic E-state index is 12.2. The fraction of sp³-hybridized carbons (Fsp3) is 0.538. The standard InChI is InChI=1S/C13H17ClN2O4/c1-5-19-11(17)10(12(18)20-13(2,3)4)8-6-15-16-7-9(8)14/h6-7,10H,5H2,1-4H3. The van der Waals surface area contributed by atoms with Crippen molar-refractivity contribution < 1.29 is 19.1 Å². The highest BCUT2D eigenvalue weighted by molar-refractivity contribution is 6.31. The van der Waals surface area contributed by atoms with E-state index in [0.717, 1.165) is 0 Å². The van der Waals surface area contributed by atoms with Gasteiger partial charge in [-0.15, -0.1) is 0 Å². The highest BCUT2D eigenvalue weighted by Crippen LogP contribution is 2.27. The van der Waals surface area contributed by atoms with Gasteiger partial charge in [0.1, 0.15) is 5.60 Å². The van der Waals surface area contributed by atoms with Crippen LogP contribution >= 0.6 is 11.6 Å². The van der Waals surface area contributed by atoms with Crippen LogP contribution in [0.25, 0.3) is 0 Å². The van der Waals surface area contributed by atoms with Crippen molar-refractivity contribution in [3.63, 3.8) is 0 Å². The van der Waals surface area contributed by atoms with Gasteiger partial charge in [-0.3, -0.25) is 9.59 Å². The van der Waals surface area contributed by atoms with Crippen molar-refractivity contribution in [1.29, 1.82) is 0 Å². The van der Waals surface area contributed by atoms with Gasteiger partial charge in [-0.05, 0) is 27.7 Å². The van der Waals surface area contributed by atoms with Crippen LogP contribution in [0.1, 0.15) is 39.2 Å². The summed E-state index contributed by atoms with van der Waals surface area (Å²) in [6, 6.07) is 0. The first-order valence-electron chi connectivity index (χ1n) is 6.12. The Balaban J connectivity index is 3.13. The van der Waals surface area contributed by atoms with Crippen molar-refractivity contribution in [3.8, 4) is 0 Å². The molecule has 0 aliphatic rings. The molecule has 0 aromatic carbocycles. The number of carbonyl (C=O) groups excluding carboxylic acids is 2. The van der Waals surface area contributed by atoms with Gasteiger partial charge in [-0.1, -0.05) is 11.6 Å². The van der Waals surface area contributed by atoms with Gasteiger partial charge >= 0.3 is 11.9 Å². The van der Waals surface area contributed by atoms with Gasteiger partial charge in [0, 0.05) is 5.56 Å². The van der Waals surface area contributed by atoms with Gasteiger partial charge in [0.15, 0.2) is 5.92 Å². The molecule has 1 heterocycles. The zero-order valence-corrected chi connectivity index (χ0v) is 12.6. The van der Waals surface area contributed by atoms with Crippen molar-refractivity contribution in [2.45, 2.75) is 39.2 Å². The maximum absolute atomic E-state index is 12.2. The van der Waals surface area contributed by atoms with Crippen molar-refractivity contribution in [2.75, 3.05) is 6.61 Å². The molecule has 20 heavy (non-hydrogen) atoms. The van der Waals surface area contributed by atoms with Crippen LogP contribution in [-0.2, 0) is 19.1 Å². The van der Waals surface area contributed by atoms with Crippen LogP contribution in [0.4, 0.5) is 0 Å². The molecule has 0 N–H and O–H groups in total. The molecule has 0 fully saturated rings. The number of ether oxygens (including phenoxy) is 2. The van der Waals surface area contributed by atoms with Crippen molar-refractivity contribution >= 4 is 23.5 Å². The van der Waals surface area contributed by atoms with Gasteiger partial charge in [0.05, 0.1) is 24.0 Å². The Morgan fingerprint density at radius 1 is 1.25 bits per heavy atom. The van der Waals surface area contributed by atoms with Crippen LogP contribution in [-0.4, -0.2) is 34.3 Å². The van der Waals surface area contributed by atoms with Crippen LogP contribution in [0, 0.1) is 0 Å². The molecule has 1 rings (SSSR count). The molecule has 0 aliphatic heterocycles. The van der Waals surface area contributed by atoms with E-state index in [0.29, 0.717) is 0 Å². The third kappa shape index (κ3) is 4.45. The number of hydrogen-bond acceptors (Lipinski definition) is 6. The lowest BCUT2D eigenvalue weighted by Crippen LogP contribution is -2.32. The van der Waals surface area contributed by atoms with Crippen LogP contribution in [0.5, 0.6) is 0 Å². The summed E-state index contributed by atoms with van der Waals surface area (Å²) in [5.41, 5.74) is -0.510. The predicted molar refractivity (Wildman–Crippen MR) is 72.3 cm³/mol. The average molecular weight is 301 g/mol. The molecule has 1 aromatic heterocycles. The lowest BCUT2D eigenvalue weighted by atomic mass is 10.0. The summed E-state index contributed by atoms with van der Waals surface area (Å²) in [7, 11) is 0. The minimum absolute atomic E-state index is 0.147. The molecular formula is C13H17ClN2O4. The number of carbonyl (C=O) groups is 2. The lowest BCUT2D eigenvalue weighted by Gasteiger charge is -2.23. The molecule has 0 saturated carbocycles. The number of halogens is 1. The first kappa shape index (κ1) is 16.4. The molecule has 0 aliphatic carbocycles. The first-order chi connectivity index (χ1) is 9.26. The first-order valence-corrected chi connectivity index (χ1v) is 6.49. The van der Waals surface area contributed by atoms with Crippen molar-refractivity contribution in [1.82, 2.24) is 10.2 Å². The minimum atomic E-state index is -1.27. The molecule has 0 spiro atoms. The second kappa shape index (κ2) is 6.65. The average Bonchev–Trinajstić information content (AvgIpc) is 2.30. The molecule has 0 radical (unpaired) electrons. The number of aromatic nitrogens is 2. The van der Waals surface area contributed by atoms with Gasteiger partial charge < -0.3 is 9.47 Å². The molecule has 0 saturated heterocycles. The second-order valence-electron chi connectivity index (χ2n) is 5.01. The summed E-state index contributed by atoms with van der Waals surface area (Å²) in [6.45, 7) is 6.92. The summed E-state index contributed by atoms with van der Waals surface area (Å²) < 4.78 is 10.1. The zero-order valence-electron chi connectivity index (χ0n) is 11.8. The van der Waals surface area contributed by atoms with E-state index in [1.165, 1.54) is 12.4 Å². The molecule has 1 unspecified atom stereocenters. The van der Waals surface area contributed by atoms with Crippen LogP contribution < -0.4 is 0 Å². The maximum Gasteiger partial charge on any atom is 0.325 e. The topological polar surface area (TPSA) is 78.4 Å². The van der Waals surface area contributed by atoms with Gasteiger partial charge in [-0.2, -0.15) is 10.2 Å². The highest BCUT2D eigenvalue weighted by atomic mass is 35.5. The van der Waals surface area contributed by atoms with Crippen molar-refractivity contribution in [2.24, 2.45) is 0 Å². The van der Waals surface area contributed by atoms with Crippen LogP contribution in [0.3, 0.4) is 0 Å². The van der Waals surface area contributed by atoms with Crippen LogP contribution in [0.2, 0.25) is 5.02 Å². The number of hydrogen-bond donors (Lipinski definition) is 0. The quantitative estimate of drug-likeness (QED) is 0.626. The minimum Gasteiger partial charge on any atom is -0.465 e. The largest absolute Gasteiger partial charge is 0.465 e. The number of rotatable bonds is 4. The Bertz CT molecular complexity index is 499. The summed E-state index contributed by atoms with van der Waals surface area (Å²) in [5.74, 6) is -2.72. The molecule has 1 atom stereocenters. The predicted octanol–water partition coefficient (Wildman–Crippen LogP) is 2.12. The zero-order chi connectivity index (χ0) is 15.3. The van der Waals surface area contributed by atoms with Gasteiger partial charge in [-0.25, -0.2) is 0 Å². The Morgan fingerprint density at radius 2 is 1.85 bits per heavy atom. The summed E-state index contributed by atoms with van der Waals surface area (Å²) >= 11 is 5.96. The number of nitrogens with zero attached hydrogens (tertiary/aromatic N) is 2. The van der Waals surface area contributed by atoms with E-state index in [1.54, 1.807) is 27.7 Å². The van der Waals surface area contributed by atoms with E-state index in [2.05, 4.69) is 10.2 Å². The van der Waals surface area contributed by atoms with Gasteiger partial charge in [0.25, 0.3) is 0 Å². The van der Waals surface area contributed by atoms with Crippen LogP contribution in [0.15, 0.2) is 12.4 Å².